The standard InChI is InChI=1S/C13H19N3O3/c1-8-5-10(11(6-8)13(18)19)12(17)14-7-9-3-4-16(2)15-9/h3-4,8,10-11H,5-7H2,1-2H3,(H,14,17)(H,18,19). The van der Waals surface area contributed by atoms with Crippen LogP contribution in [0.25, 0.3) is 0 Å². The van der Waals surface area contributed by atoms with Gasteiger partial charge in [0.25, 0.3) is 0 Å². The van der Waals surface area contributed by atoms with Gasteiger partial charge in [-0.2, -0.15) is 5.10 Å². The maximum Gasteiger partial charge on any atom is 0.307 e. The van der Waals surface area contributed by atoms with Crippen molar-refractivity contribution in [1.29, 1.82) is 0 Å². The summed E-state index contributed by atoms with van der Waals surface area (Å²) in [5.41, 5.74) is 0.772. The van der Waals surface area contributed by atoms with Gasteiger partial charge in [-0.05, 0) is 24.8 Å². The maximum atomic E-state index is 12.1. The van der Waals surface area contributed by atoms with Crippen molar-refractivity contribution >= 4 is 11.9 Å². The number of carbonyl (C=O) groups excluding carboxylic acids is 1. The number of nitrogens with one attached hydrogen (secondary N) is 1. The van der Waals surface area contributed by atoms with E-state index < -0.39 is 17.8 Å². The lowest BCUT2D eigenvalue weighted by Gasteiger charge is -2.14. The average Bonchev–Trinajstić information content (AvgIpc) is 2.92. The Bertz CT molecular complexity index is 483. The fraction of sp³-hybridized carbons (Fsp3) is 0.615. The van der Waals surface area contributed by atoms with E-state index in [-0.39, 0.29) is 11.8 Å². The van der Waals surface area contributed by atoms with Crippen LogP contribution in [0.4, 0.5) is 0 Å². The molecule has 19 heavy (non-hydrogen) atoms. The van der Waals surface area contributed by atoms with Gasteiger partial charge >= 0.3 is 5.97 Å². The zero-order valence-electron chi connectivity index (χ0n) is 11.2. The largest absolute Gasteiger partial charge is 0.481 e. The fourth-order valence-corrected chi connectivity index (χ4v) is 2.72. The van der Waals surface area contributed by atoms with Gasteiger partial charge in [-0.25, -0.2) is 0 Å². The lowest BCUT2D eigenvalue weighted by atomic mass is 9.95. The number of nitrogens with zero attached hydrogens (tertiary/aromatic N) is 2. The summed E-state index contributed by atoms with van der Waals surface area (Å²) >= 11 is 0. The molecule has 1 aromatic rings. The minimum absolute atomic E-state index is 0.178. The predicted octanol–water partition coefficient (Wildman–Crippen LogP) is 0.783. The highest BCUT2D eigenvalue weighted by Crippen LogP contribution is 2.36. The van der Waals surface area contributed by atoms with Gasteiger partial charge in [-0.3, -0.25) is 14.3 Å². The Labute approximate surface area is 111 Å². The molecule has 0 aromatic carbocycles. The first kappa shape index (κ1) is 13.6. The summed E-state index contributed by atoms with van der Waals surface area (Å²) in [6.45, 7) is 2.33. The van der Waals surface area contributed by atoms with Crippen LogP contribution in [0.2, 0.25) is 0 Å². The molecule has 2 N–H and O–H groups in total. The molecule has 1 aliphatic rings. The minimum Gasteiger partial charge on any atom is -0.481 e. The molecule has 1 heterocycles. The molecule has 104 valence electrons. The molecule has 2 rings (SSSR count). The molecule has 1 aliphatic carbocycles. The maximum absolute atomic E-state index is 12.1. The van der Waals surface area contributed by atoms with Crippen molar-refractivity contribution in [3.05, 3.63) is 18.0 Å². The van der Waals surface area contributed by atoms with Gasteiger partial charge in [0.1, 0.15) is 0 Å². The third-order valence-electron chi connectivity index (χ3n) is 3.66. The number of hydrogen-bond acceptors (Lipinski definition) is 3. The van der Waals surface area contributed by atoms with E-state index in [9.17, 15) is 9.59 Å². The van der Waals surface area contributed by atoms with Crippen LogP contribution in [0.1, 0.15) is 25.5 Å². The van der Waals surface area contributed by atoms with E-state index in [2.05, 4.69) is 10.4 Å². The van der Waals surface area contributed by atoms with Crippen molar-refractivity contribution < 1.29 is 14.7 Å². The highest BCUT2D eigenvalue weighted by Gasteiger charge is 2.41. The third-order valence-corrected chi connectivity index (χ3v) is 3.66. The molecule has 0 spiro atoms. The molecule has 1 amide bonds. The summed E-state index contributed by atoms with van der Waals surface area (Å²) in [7, 11) is 1.81. The van der Waals surface area contributed by atoms with Crippen LogP contribution in [0.5, 0.6) is 0 Å². The van der Waals surface area contributed by atoms with E-state index in [1.165, 1.54) is 0 Å². The fourth-order valence-electron chi connectivity index (χ4n) is 2.72. The first-order valence-corrected chi connectivity index (χ1v) is 6.46. The van der Waals surface area contributed by atoms with E-state index in [0.29, 0.717) is 19.4 Å². The Morgan fingerprint density at radius 1 is 1.47 bits per heavy atom. The van der Waals surface area contributed by atoms with E-state index >= 15 is 0 Å². The van der Waals surface area contributed by atoms with Crippen LogP contribution in [0.15, 0.2) is 12.3 Å². The van der Waals surface area contributed by atoms with Gasteiger partial charge < -0.3 is 10.4 Å². The molecule has 0 aliphatic heterocycles. The highest BCUT2D eigenvalue weighted by atomic mass is 16.4. The van der Waals surface area contributed by atoms with Crippen molar-refractivity contribution in [2.45, 2.75) is 26.3 Å². The van der Waals surface area contributed by atoms with Crippen LogP contribution < -0.4 is 5.32 Å². The number of aromatic nitrogens is 2. The van der Waals surface area contributed by atoms with Crippen LogP contribution in [0, 0.1) is 17.8 Å². The lowest BCUT2D eigenvalue weighted by Crippen LogP contribution is -2.35. The topological polar surface area (TPSA) is 84.2 Å². The van der Waals surface area contributed by atoms with Crippen molar-refractivity contribution in [2.24, 2.45) is 24.8 Å². The van der Waals surface area contributed by atoms with Crippen molar-refractivity contribution in [3.63, 3.8) is 0 Å². The Kier molecular flexibility index (Phi) is 3.87. The molecule has 1 fully saturated rings. The zero-order valence-corrected chi connectivity index (χ0v) is 11.2. The number of aryl methyl sites for hydroxylation is 1. The van der Waals surface area contributed by atoms with E-state index in [4.69, 9.17) is 5.11 Å². The van der Waals surface area contributed by atoms with Crippen molar-refractivity contribution in [2.75, 3.05) is 0 Å². The number of carboxylic acid groups (broad SMARTS) is 1. The average molecular weight is 265 g/mol. The SMILES string of the molecule is CC1CC(C(=O)O)C(C(=O)NCc2ccn(C)n2)C1. The first-order chi connectivity index (χ1) is 8.97. The predicted molar refractivity (Wildman–Crippen MR) is 68.1 cm³/mol. The molecule has 3 atom stereocenters. The zero-order chi connectivity index (χ0) is 14.0. The Morgan fingerprint density at radius 2 is 2.16 bits per heavy atom. The Hall–Kier alpha value is -1.85. The number of aliphatic carboxylic acids is 1. The number of amides is 1. The van der Waals surface area contributed by atoms with Crippen LogP contribution >= 0.6 is 0 Å². The second kappa shape index (κ2) is 5.42. The van der Waals surface area contributed by atoms with E-state index in [1.807, 2.05) is 20.0 Å². The van der Waals surface area contributed by atoms with Crippen molar-refractivity contribution in [1.82, 2.24) is 15.1 Å². The van der Waals surface area contributed by atoms with Crippen LogP contribution in [-0.2, 0) is 23.2 Å². The summed E-state index contributed by atoms with van der Waals surface area (Å²) in [6, 6.07) is 1.83. The second-order valence-corrected chi connectivity index (χ2v) is 5.33. The molecule has 0 bridgehead atoms. The van der Waals surface area contributed by atoms with Gasteiger partial charge in [0.05, 0.1) is 24.1 Å². The summed E-state index contributed by atoms with van der Waals surface area (Å²) in [4.78, 5) is 23.2. The molecule has 0 radical (unpaired) electrons. The molecule has 1 saturated carbocycles. The van der Waals surface area contributed by atoms with E-state index in [0.717, 1.165) is 5.69 Å². The Balaban J connectivity index is 1.93. The molecule has 6 nitrogen and oxygen atoms in total. The highest BCUT2D eigenvalue weighted by molar-refractivity contribution is 5.85. The number of rotatable bonds is 4. The first-order valence-electron chi connectivity index (χ1n) is 6.46. The molecular formula is C13H19N3O3. The van der Waals surface area contributed by atoms with Gasteiger partial charge in [-0.15, -0.1) is 0 Å². The quantitative estimate of drug-likeness (QED) is 0.842. The van der Waals surface area contributed by atoms with Gasteiger partial charge in [-0.1, -0.05) is 6.92 Å². The Morgan fingerprint density at radius 3 is 2.74 bits per heavy atom. The summed E-state index contributed by atoms with van der Waals surface area (Å²) in [5.74, 6) is -1.74. The second-order valence-electron chi connectivity index (χ2n) is 5.33. The number of hydrogen-bond donors (Lipinski definition) is 2. The minimum atomic E-state index is -0.873. The summed E-state index contributed by atoms with van der Waals surface area (Å²) < 4.78 is 1.67. The van der Waals surface area contributed by atoms with Crippen LogP contribution in [0.3, 0.4) is 0 Å². The van der Waals surface area contributed by atoms with Gasteiger partial charge in [0, 0.05) is 13.2 Å². The lowest BCUT2D eigenvalue weighted by molar-refractivity contribution is -0.146. The van der Waals surface area contributed by atoms with Gasteiger partial charge in [0.2, 0.25) is 5.91 Å². The normalized spacial score (nSPS) is 26.3. The van der Waals surface area contributed by atoms with Gasteiger partial charge in [0.15, 0.2) is 0 Å². The van der Waals surface area contributed by atoms with Crippen LogP contribution in [-0.4, -0.2) is 26.8 Å². The molecule has 1 aromatic heterocycles. The smallest absolute Gasteiger partial charge is 0.307 e. The number of carbonyl (C=O) groups is 2. The number of carboxylic acids is 1. The summed E-state index contributed by atoms with van der Waals surface area (Å²) in [5, 5.41) is 16.1. The molecule has 3 unspecified atom stereocenters. The van der Waals surface area contributed by atoms with Crippen molar-refractivity contribution in [3.8, 4) is 0 Å². The molecular weight excluding hydrogens is 246 g/mol. The summed E-state index contributed by atoms with van der Waals surface area (Å²) in [6.07, 6.45) is 3.03. The monoisotopic (exact) mass is 265 g/mol. The van der Waals surface area contributed by atoms with E-state index in [1.54, 1.807) is 10.9 Å². The molecule has 0 saturated heterocycles. The third kappa shape index (κ3) is 3.13. The molecule has 6 heteroatoms.